The van der Waals surface area contributed by atoms with Crippen LogP contribution in [0.25, 0.3) is 0 Å². The van der Waals surface area contributed by atoms with Crippen molar-refractivity contribution < 1.29 is 22.4 Å². The maximum absolute atomic E-state index is 14.0. The van der Waals surface area contributed by atoms with E-state index in [1.54, 1.807) is 37.3 Å². The van der Waals surface area contributed by atoms with Gasteiger partial charge < -0.3 is 10.2 Å². The number of hydrogen-bond donors (Lipinski definition) is 1. The van der Waals surface area contributed by atoms with E-state index in [9.17, 15) is 22.4 Å². The van der Waals surface area contributed by atoms with Crippen molar-refractivity contribution in [2.45, 2.75) is 69.5 Å². The van der Waals surface area contributed by atoms with Gasteiger partial charge in [-0.05, 0) is 86.3 Å². The molecule has 0 bridgehead atoms. The van der Waals surface area contributed by atoms with Crippen LogP contribution in [-0.4, -0.2) is 43.8 Å². The van der Waals surface area contributed by atoms with Crippen molar-refractivity contribution in [2.24, 2.45) is 0 Å². The molecule has 3 aromatic carbocycles. The van der Waals surface area contributed by atoms with Gasteiger partial charge in [-0.3, -0.25) is 13.9 Å². The van der Waals surface area contributed by atoms with Crippen LogP contribution in [-0.2, 0) is 26.2 Å². The number of nitrogens with one attached hydrogen (secondary N) is 1. The minimum Gasteiger partial charge on any atom is -0.352 e. The van der Waals surface area contributed by atoms with Crippen LogP contribution in [0.4, 0.5) is 10.1 Å². The lowest BCUT2D eigenvalue weighted by molar-refractivity contribution is -0.139. The third-order valence-electron chi connectivity index (χ3n) is 7.36. The molecule has 10 heteroatoms. The van der Waals surface area contributed by atoms with E-state index in [0.717, 1.165) is 42.0 Å². The van der Waals surface area contributed by atoms with Gasteiger partial charge in [0.2, 0.25) is 11.8 Å². The number of halogens is 2. The zero-order valence-electron chi connectivity index (χ0n) is 23.2. The molecular formula is C31H35ClFN3O4S. The molecule has 1 unspecified atom stereocenters. The van der Waals surface area contributed by atoms with E-state index in [1.165, 1.54) is 41.3 Å². The number of sulfonamides is 1. The quantitative estimate of drug-likeness (QED) is 0.317. The fourth-order valence-electron chi connectivity index (χ4n) is 4.98. The van der Waals surface area contributed by atoms with Crippen LogP contribution in [0.15, 0.2) is 77.7 Å². The summed E-state index contributed by atoms with van der Waals surface area (Å²) in [7, 11) is -4.19. The Morgan fingerprint density at radius 3 is 2.29 bits per heavy atom. The summed E-state index contributed by atoms with van der Waals surface area (Å²) in [6.07, 6.45) is 4.96. The van der Waals surface area contributed by atoms with Gasteiger partial charge in [0, 0.05) is 17.6 Å². The van der Waals surface area contributed by atoms with E-state index in [2.05, 4.69) is 5.32 Å². The zero-order valence-corrected chi connectivity index (χ0v) is 24.8. The summed E-state index contributed by atoms with van der Waals surface area (Å²) >= 11 is 6.00. The molecule has 7 nitrogen and oxygen atoms in total. The summed E-state index contributed by atoms with van der Waals surface area (Å²) in [5.74, 6) is -1.30. The van der Waals surface area contributed by atoms with Crippen LogP contribution in [0.2, 0.25) is 5.02 Å². The molecule has 1 aliphatic carbocycles. The van der Waals surface area contributed by atoms with Crippen molar-refractivity contribution in [1.29, 1.82) is 0 Å². The third-order valence-corrected chi connectivity index (χ3v) is 9.40. The van der Waals surface area contributed by atoms with Gasteiger partial charge in [-0.2, -0.15) is 0 Å². The van der Waals surface area contributed by atoms with E-state index >= 15 is 0 Å². The van der Waals surface area contributed by atoms with Crippen molar-refractivity contribution in [3.8, 4) is 0 Å². The van der Waals surface area contributed by atoms with Gasteiger partial charge in [0.25, 0.3) is 10.0 Å². The summed E-state index contributed by atoms with van der Waals surface area (Å²) < 4.78 is 42.4. The largest absolute Gasteiger partial charge is 0.352 e. The molecule has 0 aromatic heterocycles. The summed E-state index contributed by atoms with van der Waals surface area (Å²) in [6, 6.07) is 17.4. The molecule has 1 saturated carbocycles. The van der Waals surface area contributed by atoms with Gasteiger partial charge in [0.15, 0.2) is 0 Å². The molecule has 4 rings (SSSR count). The fourth-order valence-corrected chi connectivity index (χ4v) is 6.52. The number of rotatable bonds is 10. The molecule has 1 N–H and O–H groups in total. The Morgan fingerprint density at radius 2 is 1.66 bits per heavy atom. The number of anilines is 1. The Morgan fingerprint density at radius 1 is 1.00 bits per heavy atom. The summed E-state index contributed by atoms with van der Waals surface area (Å²) in [4.78, 5) is 28.7. The van der Waals surface area contributed by atoms with E-state index in [4.69, 9.17) is 11.6 Å². The number of benzene rings is 3. The summed E-state index contributed by atoms with van der Waals surface area (Å²) in [5, 5.41) is 3.45. The number of aryl methyl sites for hydroxylation is 1. The van der Waals surface area contributed by atoms with Gasteiger partial charge in [0.1, 0.15) is 18.4 Å². The molecule has 3 aromatic rings. The SMILES string of the molecule is Cc1cccc(N(CC(=O)N(Cc2ccc(F)cc2)C(C)C(=O)NC2CCCCC2)S(=O)(=O)c2ccc(Cl)cc2)c1. The van der Waals surface area contributed by atoms with Gasteiger partial charge in [-0.25, -0.2) is 12.8 Å². The number of hydrogen-bond acceptors (Lipinski definition) is 4. The molecule has 0 radical (unpaired) electrons. The normalized spacial score (nSPS) is 14.7. The Kier molecular flexibility index (Phi) is 10.0. The van der Waals surface area contributed by atoms with Gasteiger partial charge in [0.05, 0.1) is 10.6 Å². The molecule has 218 valence electrons. The predicted octanol–water partition coefficient (Wildman–Crippen LogP) is 5.85. The van der Waals surface area contributed by atoms with Crippen LogP contribution < -0.4 is 9.62 Å². The van der Waals surface area contributed by atoms with Crippen molar-refractivity contribution in [2.75, 3.05) is 10.8 Å². The van der Waals surface area contributed by atoms with E-state index in [1.807, 2.05) is 13.0 Å². The Labute approximate surface area is 246 Å². The first-order chi connectivity index (χ1) is 19.5. The zero-order chi connectivity index (χ0) is 29.6. The highest BCUT2D eigenvalue weighted by Gasteiger charge is 2.33. The molecule has 41 heavy (non-hydrogen) atoms. The Balaban J connectivity index is 1.67. The van der Waals surface area contributed by atoms with Crippen molar-refractivity contribution in [1.82, 2.24) is 10.2 Å². The lowest BCUT2D eigenvalue weighted by Crippen LogP contribution is -2.53. The molecule has 0 heterocycles. The molecule has 1 aliphatic rings. The average Bonchev–Trinajstić information content (AvgIpc) is 2.95. The van der Waals surface area contributed by atoms with Gasteiger partial charge in [-0.1, -0.05) is 55.1 Å². The summed E-state index contributed by atoms with van der Waals surface area (Å²) in [6.45, 7) is 2.92. The van der Waals surface area contributed by atoms with Crippen molar-refractivity contribution in [3.63, 3.8) is 0 Å². The second kappa shape index (κ2) is 13.5. The van der Waals surface area contributed by atoms with Crippen LogP contribution in [0.1, 0.15) is 50.2 Å². The van der Waals surface area contributed by atoms with E-state index in [-0.39, 0.29) is 23.4 Å². The smallest absolute Gasteiger partial charge is 0.264 e. The lowest BCUT2D eigenvalue weighted by atomic mass is 9.95. The predicted molar refractivity (Wildman–Crippen MR) is 159 cm³/mol. The molecule has 0 aliphatic heterocycles. The van der Waals surface area contributed by atoms with E-state index < -0.39 is 34.3 Å². The molecule has 1 fully saturated rings. The third kappa shape index (κ3) is 7.86. The van der Waals surface area contributed by atoms with Crippen LogP contribution in [0.5, 0.6) is 0 Å². The second-order valence-electron chi connectivity index (χ2n) is 10.5. The van der Waals surface area contributed by atoms with Crippen LogP contribution in [0.3, 0.4) is 0 Å². The minimum atomic E-state index is -4.19. The molecule has 1 atom stereocenters. The second-order valence-corrected chi connectivity index (χ2v) is 12.8. The lowest BCUT2D eigenvalue weighted by Gasteiger charge is -2.33. The maximum Gasteiger partial charge on any atom is 0.264 e. The molecule has 0 spiro atoms. The van der Waals surface area contributed by atoms with Crippen molar-refractivity contribution >= 4 is 39.1 Å². The number of amides is 2. The highest BCUT2D eigenvalue weighted by atomic mass is 35.5. The van der Waals surface area contributed by atoms with Gasteiger partial charge in [-0.15, -0.1) is 0 Å². The highest BCUT2D eigenvalue weighted by Crippen LogP contribution is 2.26. The Hall–Kier alpha value is -3.43. The molecule has 2 amide bonds. The van der Waals surface area contributed by atoms with Crippen LogP contribution >= 0.6 is 11.6 Å². The molecule has 0 saturated heterocycles. The maximum atomic E-state index is 14.0. The average molecular weight is 600 g/mol. The minimum absolute atomic E-state index is 0.00101. The standard InChI is InChI=1S/C31H35ClFN3O4S/c1-22-7-6-10-28(19-22)36(41(39,40)29-17-13-25(32)14-18-29)21-30(37)35(20-24-11-15-26(33)16-12-24)23(2)31(38)34-27-8-4-3-5-9-27/h6-7,10-19,23,27H,3-5,8-9,20-21H2,1-2H3,(H,34,38). The highest BCUT2D eigenvalue weighted by molar-refractivity contribution is 7.92. The summed E-state index contributed by atoms with van der Waals surface area (Å²) in [5.41, 5.74) is 1.74. The van der Waals surface area contributed by atoms with Gasteiger partial charge >= 0.3 is 0 Å². The molecular weight excluding hydrogens is 565 g/mol. The first-order valence-electron chi connectivity index (χ1n) is 13.7. The fraction of sp³-hybridized carbons (Fsp3) is 0.355. The Bertz CT molecular complexity index is 1460. The van der Waals surface area contributed by atoms with Crippen LogP contribution in [0, 0.1) is 12.7 Å². The first-order valence-corrected chi connectivity index (χ1v) is 15.6. The first kappa shape index (κ1) is 30.5. The topological polar surface area (TPSA) is 86.8 Å². The number of carbonyl (C=O) groups is 2. The van der Waals surface area contributed by atoms with Crippen molar-refractivity contribution in [3.05, 3.63) is 94.8 Å². The number of carbonyl (C=O) groups excluding carboxylic acids is 2. The van der Waals surface area contributed by atoms with E-state index in [0.29, 0.717) is 16.3 Å². The number of nitrogens with zero attached hydrogens (tertiary/aromatic N) is 2. The monoisotopic (exact) mass is 599 g/mol.